The Hall–Kier alpha value is -2.91. The van der Waals surface area contributed by atoms with Crippen LogP contribution in [0.15, 0.2) is 72.8 Å². The largest absolute Gasteiger partial charge is 0.451 e. The van der Waals surface area contributed by atoms with E-state index in [-0.39, 0.29) is 0 Å². The van der Waals surface area contributed by atoms with E-state index in [0.717, 1.165) is 22.3 Å². The summed E-state index contributed by atoms with van der Waals surface area (Å²) in [6.45, 7) is 5.95. The third-order valence-electron chi connectivity index (χ3n) is 4.63. The van der Waals surface area contributed by atoms with Gasteiger partial charge in [-0.25, -0.2) is 4.79 Å². The van der Waals surface area contributed by atoms with E-state index in [9.17, 15) is 9.90 Å². The SMILES string of the molecule is Cc1ccc(C(=O)O[C@@H](c2ccc(C)cc2)[C@H](O)c2ccc(C)cc2)cc1. The average Bonchev–Trinajstić information content (AvgIpc) is 2.67. The first-order valence-electron chi connectivity index (χ1n) is 9.03. The molecule has 0 unspecified atom stereocenters. The fraction of sp³-hybridized carbons (Fsp3) is 0.208. The molecule has 0 radical (unpaired) electrons. The molecule has 3 aromatic carbocycles. The van der Waals surface area contributed by atoms with Gasteiger partial charge >= 0.3 is 5.97 Å². The summed E-state index contributed by atoms with van der Waals surface area (Å²) < 4.78 is 5.76. The summed E-state index contributed by atoms with van der Waals surface area (Å²) in [4.78, 5) is 12.7. The van der Waals surface area contributed by atoms with E-state index in [1.54, 1.807) is 12.1 Å². The van der Waals surface area contributed by atoms with Crippen LogP contribution in [0.4, 0.5) is 0 Å². The van der Waals surface area contributed by atoms with Crippen LogP contribution in [-0.4, -0.2) is 11.1 Å². The molecule has 0 amide bonds. The minimum atomic E-state index is -0.956. The first-order valence-corrected chi connectivity index (χ1v) is 9.03. The van der Waals surface area contributed by atoms with Crippen molar-refractivity contribution in [1.82, 2.24) is 0 Å². The number of carbonyl (C=O) groups excluding carboxylic acids is 1. The highest BCUT2D eigenvalue weighted by molar-refractivity contribution is 5.89. The Balaban J connectivity index is 1.91. The fourth-order valence-corrected chi connectivity index (χ4v) is 2.88. The van der Waals surface area contributed by atoms with Crippen molar-refractivity contribution in [2.75, 3.05) is 0 Å². The van der Waals surface area contributed by atoms with Crippen molar-refractivity contribution in [3.05, 3.63) is 106 Å². The van der Waals surface area contributed by atoms with Crippen LogP contribution < -0.4 is 0 Å². The van der Waals surface area contributed by atoms with E-state index in [4.69, 9.17) is 4.74 Å². The van der Waals surface area contributed by atoms with Gasteiger partial charge in [0.2, 0.25) is 0 Å². The molecule has 0 saturated carbocycles. The first-order chi connectivity index (χ1) is 12.9. The summed E-state index contributed by atoms with van der Waals surface area (Å²) in [6.07, 6.45) is -1.75. The van der Waals surface area contributed by atoms with Crippen molar-refractivity contribution in [2.45, 2.75) is 33.0 Å². The Morgan fingerprint density at radius 2 is 1.11 bits per heavy atom. The van der Waals surface area contributed by atoms with Gasteiger partial charge in [0.1, 0.15) is 6.10 Å². The molecule has 0 aromatic heterocycles. The van der Waals surface area contributed by atoms with Crippen LogP contribution in [0.25, 0.3) is 0 Å². The Labute approximate surface area is 160 Å². The smallest absolute Gasteiger partial charge is 0.338 e. The Kier molecular flexibility index (Phi) is 5.72. The molecular formula is C24H24O3. The third-order valence-corrected chi connectivity index (χ3v) is 4.63. The number of aliphatic hydroxyl groups excluding tert-OH is 1. The lowest BCUT2D eigenvalue weighted by atomic mass is 9.96. The summed E-state index contributed by atoms with van der Waals surface area (Å²) in [5.74, 6) is -0.452. The first kappa shape index (κ1) is 18.9. The van der Waals surface area contributed by atoms with E-state index >= 15 is 0 Å². The molecular weight excluding hydrogens is 336 g/mol. The van der Waals surface area contributed by atoms with Gasteiger partial charge in [-0.05, 0) is 44.0 Å². The van der Waals surface area contributed by atoms with Crippen molar-refractivity contribution in [1.29, 1.82) is 0 Å². The number of hydrogen-bond donors (Lipinski definition) is 1. The zero-order valence-electron chi connectivity index (χ0n) is 15.8. The molecule has 3 nitrogen and oxygen atoms in total. The minimum absolute atomic E-state index is 0.452. The fourth-order valence-electron chi connectivity index (χ4n) is 2.88. The molecule has 3 heteroatoms. The molecule has 0 heterocycles. The molecule has 138 valence electrons. The minimum Gasteiger partial charge on any atom is -0.451 e. The Morgan fingerprint density at radius 3 is 1.59 bits per heavy atom. The molecule has 3 rings (SSSR count). The van der Waals surface area contributed by atoms with E-state index < -0.39 is 18.2 Å². The topological polar surface area (TPSA) is 46.5 Å². The van der Waals surface area contributed by atoms with Crippen LogP contribution in [0.2, 0.25) is 0 Å². The molecule has 3 aromatic rings. The molecule has 0 aliphatic carbocycles. The van der Waals surface area contributed by atoms with E-state index in [1.807, 2.05) is 81.4 Å². The Bertz CT molecular complexity index is 894. The van der Waals surface area contributed by atoms with E-state index in [1.165, 1.54) is 0 Å². The Morgan fingerprint density at radius 1 is 0.704 bits per heavy atom. The van der Waals surface area contributed by atoms with Crippen molar-refractivity contribution >= 4 is 5.97 Å². The molecule has 0 spiro atoms. The van der Waals surface area contributed by atoms with Gasteiger partial charge in [0, 0.05) is 0 Å². The van der Waals surface area contributed by atoms with Crippen LogP contribution in [0, 0.1) is 20.8 Å². The van der Waals surface area contributed by atoms with E-state index in [0.29, 0.717) is 11.1 Å². The quantitative estimate of drug-likeness (QED) is 0.633. The maximum Gasteiger partial charge on any atom is 0.338 e. The second kappa shape index (κ2) is 8.19. The standard InChI is InChI=1S/C24H24O3/c1-16-4-10-19(11-5-16)22(25)23(20-12-6-17(2)7-13-20)27-24(26)21-14-8-18(3)9-15-21/h4-15,22-23,25H,1-3H3/t22-,23+/m1/s1. The van der Waals surface area contributed by atoms with Crippen molar-refractivity contribution in [3.8, 4) is 0 Å². The summed E-state index contributed by atoms with van der Waals surface area (Å²) in [6, 6.07) is 22.5. The van der Waals surface area contributed by atoms with Crippen LogP contribution in [0.5, 0.6) is 0 Å². The monoisotopic (exact) mass is 360 g/mol. The molecule has 0 bridgehead atoms. The molecule has 2 atom stereocenters. The molecule has 1 N–H and O–H groups in total. The average molecular weight is 360 g/mol. The van der Waals surface area contributed by atoms with Gasteiger partial charge in [-0.1, -0.05) is 77.4 Å². The third kappa shape index (κ3) is 4.63. The van der Waals surface area contributed by atoms with Gasteiger partial charge in [-0.3, -0.25) is 0 Å². The number of esters is 1. The van der Waals surface area contributed by atoms with E-state index in [2.05, 4.69) is 0 Å². The molecule has 0 aliphatic heterocycles. The summed E-state index contributed by atoms with van der Waals surface area (Å²) >= 11 is 0. The number of carbonyl (C=O) groups is 1. The highest BCUT2D eigenvalue weighted by Crippen LogP contribution is 2.33. The van der Waals surface area contributed by atoms with Gasteiger partial charge in [0.05, 0.1) is 5.56 Å². The van der Waals surface area contributed by atoms with Crippen LogP contribution in [0.3, 0.4) is 0 Å². The molecule has 0 aliphatic rings. The number of aliphatic hydroxyl groups is 1. The zero-order valence-corrected chi connectivity index (χ0v) is 15.8. The molecule has 0 fully saturated rings. The van der Waals surface area contributed by atoms with Gasteiger partial charge < -0.3 is 9.84 Å². The number of rotatable bonds is 5. The lowest BCUT2D eigenvalue weighted by Gasteiger charge is -2.24. The summed E-state index contributed by atoms with van der Waals surface area (Å²) in [7, 11) is 0. The van der Waals surface area contributed by atoms with Gasteiger partial charge in [0.25, 0.3) is 0 Å². The van der Waals surface area contributed by atoms with Gasteiger partial charge in [0.15, 0.2) is 6.10 Å². The zero-order chi connectivity index (χ0) is 19.4. The maximum atomic E-state index is 12.7. The molecule has 0 saturated heterocycles. The van der Waals surface area contributed by atoms with Gasteiger partial charge in [-0.15, -0.1) is 0 Å². The predicted molar refractivity (Wildman–Crippen MR) is 107 cm³/mol. The highest BCUT2D eigenvalue weighted by Gasteiger charge is 2.27. The summed E-state index contributed by atoms with van der Waals surface area (Å²) in [5.41, 5.74) is 5.22. The lowest BCUT2D eigenvalue weighted by molar-refractivity contribution is -0.0209. The van der Waals surface area contributed by atoms with Crippen LogP contribution in [0.1, 0.15) is 50.4 Å². The number of aryl methyl sites for hydroxylation is 3. The van der Waals surface area contributed by atoms with Crippen LogP contribution in [-0.2, 0) is 4.74 Å². The highest BCUT2D eigenvalue weighted by atomic mass is 16.6. The maximum absolute atomic E-state index is 12.7. The van der Waals surface area contributed by atoms with Crippen molar-refractivity contribution in [2.24, 2.45) is 0 Å². The van der Waals surface area contributed by atoms with Crippen molar-refractivity contribution in [3.63, 3.8) is 0 Å². The number of hydrogen-bond acceptors (Lipinski definition) is 3. The second-order valence-corrected chi connectivity index (χ2v) is 6.96. The predicted octanol–water partition coefficient (Wildman–Crippen LogP) is 5.24. The lowest BCUT2D eigenvalue weighted by Crippen LogP contribution is -2.19. The molecule has 27 heavy (non-hydrogen) atoms. The number of benzene rings is 3. The number of ether oxygens (including phenoxy) is 1. The van der Waals surface area contributed by atoms with Crippen molar-refractivity contribution < 1.29 is 14.6 Å². The second-order valence-electron chi connectivity index (χ2n) is 6.96. The normalized spacial score (nSPS) is 13.0. The summed E-state index contributed by atoms with van der Waals surface area (Å²) in [5, 5.41) is 11.0. The van der Waals surface area contributed by atoms with Gasteiger partial charge in [-0.2, -0.15) is 0 Å². The van der Waals surface area contributed by atoms with Crippen LogP contribution >= 0.6 is 0 Å².